The second-order valence-electron chi connectivity index (χ2n) is 3.37. The van der Waals surface area contributed by atoms with Crippen LogP contribution in [0.5, 0.6) is 5.75 Å². The third kappa shape index (κ3) is 8.20. The monoisotopic (exact) mass is 312 g/mol. The van der Waals surface area contributed by atoms with Crippen molar-refractivity contribution in [2.45, 2.75) is 6.18 Å². The van der Waals surface area contributed by atoms with Crippen LogP contribution in [0.2, 0.25) is 0 Å². The van der Waals surface area contributed by atoms with E-state index in [1.165, 1.54) is 6.07 Å². The number of halogens is 6. The fraction of sp³-hybridized carbons (Fsp3) is 0.333. The maximum Gasteiger partial charge on any atom is 1.00 e. The summed E-state index contributed by atoms with van der Waals surface area (Å²) in [6.07, 6.45) is -4.50. The van der Waals surface area contributed by atoms with Crippen molar-refractivity contribution >= 4 is 12.4 Å². The average Bonchev–Trinajstić information content (AvgIpc) is 2.22. The molecule has 0 spiro atoms. The summed E-state index contributed by atoms with van der Waals surface area (Å²) in [6, 6.07) is 3.85. The first-order valence-electron chi connectivity index (χ1n) is 4.76. The molecule has 0 heterocycles. The van der Waals surface area contributed by atoms with Gasteiger partial charge in [0.25, 0.3) is 0 Å². The van der Waals surface area contributed by atoms with Crippen LogP contribution in [-0.4, -0.2) is 26.6 Å². The summed E-state index contributed by atoms with van der Waals surface area (Å²) in [5.74, 6) is -0.200. The Labute approximate surface area is 147 Å². The minimum atomic E-state index is -5.17. The van der Waals surface area contributed by atoms with Crippen LogP contribution in [0, 0.1) is 0 Å². The number of benzene rings is 1. The predicted octanol–water partition coefficient (Wildman–Crippen LogP) is -0.340. The number of ether oxygens (including phenoxy) is 2. The summed E-state index contributed by atoms with van der Waals surface area (Å²) in [5.41, 5.74) is -0.886. The third-order valence-electron chi connectivity index (χ3n) is 1.81. The third-order valence-corrected chi connectivity index (χ3v) is 1.81. The zero-order chi connectivity index (χ0) is 13.8. The van der Waals surface area contributed by atoms with Crippen LogP contribution in [-0.2, 0) is 4.74 Å². The Balaban J connectivity index is 0.00000324. The zero-order valence-corrected chi connectivity index (χ0v) is 13.0. The molecule has 0 saturated carbocycles. The van der Waals surface area contributed by atoms with Crippen molar-refractivity contribution in [3.63, 3.8) is 0 Å². The molecule has 2 nitrogen and oxygen atoms in total. The number of hydrogen-bond acceptors (Lipinski definition) is 2. The van der Waals surface area contributed by atoms with Crippen LogP contribution in [0.25, 0.3) is 0 Å². The quantitative estimate of drug-likeness (QED) is 0.321. The Hall–Kier alpha value is 0.261. The van der Waals surface area contributed by atoms with E-state index in [1.807, 2.05) is 0 Å². The van der Waals surface area contributed by atoms with Crippen molar-refractivity contribution < 1.29 is 87.0 Å². The van der Waals surface area contributed by atoms with Crippen molar-refractivity contribution in [1.29, 1.82) is 0 Å². The van der Waals surface area contributed by atoms with Gasteiger partial charge in [-0.05, 0) is 12.1 Å². The molecule has 0 atom stereocenters. The van der Waals surface area contributed by atoms with Crippen LogP contribution < -0.4 is 61.6 Å². The van der Waals surface area contributed by atoms with E-state index in [1.54, 1.807) is 0 Å². The zero-order valence-electron chi connectivity index (χ0n) is 9.89. The van der Waals surface area contributed by atoms with Gasteiger partial charge in [0.1, 0.15) is 12.4 Å². The minimum Gasteiger partial charge on any atom is -0.468 e. The summed E-state index contributed by atoms with van der Waals surface area (Å²) in [6.45, 7) is -7.46. The number of alkyl halides is 3. The molecule has 0 aliphatic heterocycles. The largest absolute Gasteiger partial charge is 1.00 e. The summed E-state index contributed by atoms with van der Waals surface area (Å²) >= 11 is 0. The molecule has 1 aromatic carbocycles. The Morgan fingerprint density at radius 2 is 1.74 bits per heavy atom. The Morgan fingerprint density at radius 1 is 1.11 bits per heavy atom. The molecule has 0 N–H and O–H groups in total. The van der Waals surface area contributed by atoms with Crippen LogP contribution in [0.3, 0.4) is 0 Å². The normalized spacial score (nSPS) is 11.9. The first kappa shape index (κ1) is 19.3. The van der Waals surface area contributed by atoms with Gasteiger partial charge in [-0.25, -0.2) is 0 Å². The van der Waals surface area contributed by atoms with Gasteiger partial charge in [0.2, 0.25) is 0 Å². The number of hydrogen-bond donors (Lipinski definition) is 0. The predicted molar refractivity (Wildman–Crippen MR) is 52.7 cm³/mol. The van der Waals surface area contributed by atoms with E-state index in [9.17, 15) is 26.1 Å². The number of rotatable bonds is 5. The summed E-state index contributed by atoms with van der Waals surface area (Å²) in [5, 5.41) is 0. The SMILES string of the molecule is F[B-](F)(F)c1cccc(OCOCC(F)(F)F)c1.[K+]. The van der Waals surface area contributed by atoms with Gasteiger partial charge in [0, 0.05) is 0 Å². The summed E-state index contributed by atoms with van der Waals surface area (Å²) in [7, 11) is 0. The maximum atomic E-state index is 12.3. The van der Waals surface area contributed by atoms with E-state index in [0.29, 0.717) is 6.07 Å². The molecule has 0 radical (unpaired) electrons. The van der Waals surface area contributed by atoms with Crippen LogP contribution in [0.4, 0.5) is 26.1 Å². The molecule has 0 unspecified atom stereocenters. The van der Waals surface area contributed by atoms with E-state index >= 15 is 0 Å². The van der Waals surface area contributed by atoms with Gasteiger partial charge in [0.15, 0.2) is 6.79 Å². The van der Waals surface area contributed by atoms with E-state index in [2.05, 4.69) is 9.47 Å². The second kappa shape index (κ2) is 7.89. The van der Waals surface area contributed by atoms with Gasteiger partial charge in [0.05, 0.1) is 0 Å². The van der Waals surface area contributed by atoms with Gasteiger partial charge in [-0.2, -0.15) is 13.2 Å². The molecule has 0 aromatic heterocycles. The molecule has 0 aliphatic rings. The van der Waals surface area contributed by atoms with Gasteiger partial charge < -0.3 is 22.4 Å². The molecule has 102 valence electrons. The Bertz CT molecular complexity index is 395. The molecule has 0 saturated heterocycles. The van der Waals surface area contributed by atoms with Crippen molar-refractivity contribution in [3.8, 4) is 5.75 Å². The fourth-order valence-corrected chi connectivity index (χ4v) is 1.08. The molecule has 0 amide bonds. The molecule has 1 aromatic rings. The van der Waals surface area contributed by atoms with E-state index < -0.39 is 32.0 Å². The van der Waals surface area contributed by atoms with Crippen LogP contribution in [0.15, 0.2) is 24.3 Å². The van der Waals surface area contributed by atoms with E-state index in [0.717, 1.165) is 12.1 Å². The molecule has 0 bridgehead atoms. The molecule has 1 rings (SSSR count). The molecular weight excluding hydrogens is 304 g/mol. The first-order valence-corrected chi connectivity index (χ1v) is 4.76. The van der Waals surface area contributed by atoms with Crippen LogP contribution >= 0.6 is 0 Å². The molecule has 10 heteroatoms. The Kier molecular flexibility index (Phi) is 8.00. The van der Waals surface area contributed by atoms with Crippen molar-refractivity contribution in [2.75, 3.05) is 13.4 Å². The van der Waals surface area contributed by atoms with E-state index in [4.69, 9.17) is 0 Å². The average molecular weight is 312 g/mol. The van der Waals surface area contributed by atoms with Gasteiger partial charge in [-0.1, -0.05) is 12.1 Å². The second-order valence-corrected chi connectivity index (χ2v) is 3.37. The van der Waals surface area contributed by atoms with Crippen molar-refractivity contribution in [1.82, 2.24) is 0 Å². The molecule has 19 heavy (non-hydrogen) atoms. The van der Waals surface area contributed by atoms with E-state index in [-0.39, 0.29) is 57.1 Å². The molecule has 0 fully saturated rings. The summed E-state index contributed by atoms with van der Waals surface area (Å²) in [4.78, 5) is 0. The van der Waals surface area contributed by atoms with Crippen LogP contribution in [0.1, 0.15) is 0 Å². The minimum absolute atomic E-state index is 0. The van der Waals surface area contributed by atoms with Crippen molar-refractivity contribution in [3.05, 3.63) is 24.3 Å². The smallest absolute Gasteiger partial charge is 0.468 e. The first-order chi connectivity index (χ1) is 8.18. The standard InChI is InChI=1S/C9H8BF6O2.K/c11-9(12,13)5-17-6-18-8-3-1-2-7(4-8)10(14,15)16;/h1-4H,5-6H2;/q-1;+1. The van der Waals surface area contributed by atoms with Crippen molar-refractivity contribution in [2.24, 2.45) is 0 Å². The maximum absolute atomic E-state index is 12.3. The summed E-state index contributed by atoms with van der Waals surface area (Å²) < 4.78 is 80.8. The topological polar surface area (TPSA) is 18.5 Å². The molecule has 0 aliphatic carbocycles. The fourth-order valence-electron chi connectivity index (χ4n) is 1.08. The Morgan fingerprint density at radius 3 is 2.26 bits per heavy atom. The van der Waals surface area contributed by atoms with Gasteiger partial charge in [-0.15, -0.1) is 5.46 Å². The van der Waals surface area contributed by atoms with Gasteiger partial charge in [-0.3, -0.25) is 0 Å². The van der Waals surface area contributed by atoms with Gasteiger partial charge >= 0.3 is 64.5 Å². The molecular formula is C9H8BF6KO2.